The van der Waals surface area contributed by atoms with Gasteiger partial charge in [-0.2, -0.15) is 5.10 Å². The highest BCUT2D eigenvalue weighted by Crippen LogP contribution is 2.35. The van der Waals surface area contributed by atoms with E-state index in [-0.39, 0.29) is 12.5 Å². The molecule has 0 spiro atoms. The number of halogens is 1. The molecule has 1 amide bonds. The van der Waals surface area contributed by atoms with E-state index in [1.165, 1.54) is 6.21 Å². The molecule has 0 aliphatic rings. The summed E-state index contributed by atoms with van der Waals surface area (Å²) in [5.41, 5.74) is 3.14. The molecule has 0 radical (unpaired) electrons. The topological polar surface area (TPSA) is 78.4 Å². The van der Waals surface area contributed by atoms with Gasteiger partial charge in [0, 0.05) is 0 Å². The molecule has 0 unspecified atom stereocenters. The molecule has 0 atom stereocenters. The van der Waals surface area contributed by atoms with Crippen LogP contribution in [0.4, 0.5) is 0 Å². The first-order valence-electron chi connectivity index (χ1n) is 8.16. The molecule has 7 nitrogen and oxygen atoms in total. The Morgan fingerprint density at radius 2 is 1.78 bits per heavy atom. The van der Waals surface area contributed by atoms with Crippen LogP contribution in [-0.4, -0.2) is 39.6 Å². The molecule has 1 N–H and O–H groups in total. The molecular formula is C19H21BrN2O5. The molecule has 0 saturated carbocycles. The van der Waals surface area contributed by atoms with E-state index in [1.54, 1.807) is 50.6 Å². The minimum Gasteiger partial charge on any atom is -0.494 e. The standard InChI is InChI=1S/C19H21BrN2O5/c1-4-26-14-5-7-15(8-6-14)27-12-18(23)22-21-11-13-9-16(20)19(25-3)17(10-13)24-2/h5-11H,4,12H2,1-3H3,(H,22,23)/b21-11+. The van der Waals surface area contributed by atoms with E-state index in [2.05, 4.69) is 26.5 Å². The maximum Gasteiger partial charge on any atom is 0.277 e. The minimum absolute atomic E-state index is 0.152. The second-order valence-corrected chi connectivity index (χ2v) is 6.08. The first kappa shape index (κ1) is 20.6. The summed E-state index contributed by atoms with van der Waals surface area (Å²) in [6.07, 6.45) is 1.50. The van der Waals surface area contributed by atoms with Crippen molar-refractivity contribution in [3.63, 3.8) is 0 Å². The lowest BCUT2D eigenvalue weighted by atomic mass is 10.2. The van der Waals surface area contributed by atoms with Crippen LogP contribution >= 0.6 is 15.9 Å². The van der Waals surface area contributed by atoms with Gasteiger partial charge < -0.3 is 18.9 Å². The number of rotatable bonds is 9. The normalized spacial score (nSPS) is 10.5. The van der Waals surface area contributed by atoms with Gasteiger partial charge in [-0.15, -0.1) is 0 Å². The van der Waals surface area contributed by atoms with Crippen molar-refractivity contribution in [3.05, 3.63) is 46.4 Å². The molecule has 0 fully saturated rings. The molecule has 144 valence electrons. The third-order valence-corrected chi connectivity index (χ3v) is 3.95. The maximum absolute atomic E-state index is 11.8. The average Bonchev–Trinajstić information content (AvgIpc) is 2.67. The summed E-state index contributed by atoms with van der Waals surface area (Å²) < 4.78 is 22.0. The zero-order valence-corrected chi connectivity index (χ0v) is 16.9. The summed E-state index contributed by atoms with van der Waals surface area (Å²) in [6.45, 7) is 2.36. The van der Waals surface area contributed by atoms with Crippen molar-refractivity contribution in [2.75, 3.05) is 27.4 Å². The second-order valence-electron chi connectivity index (χ2n) is 5.22. The van der Waals surface area contributed by atoms with Gasteiger partial charge in [-0.25, -0.2) is 5.43 Å². The van der Waals surface area contributed by atoms with E-state index in [0.717, 1.165) is 15.8 Å². The number of hydrazone groups is 1. The van der Waals surface area contributed by atoms with Crippen LogP contribution < -0.4 is 24.4 Å². The Labute approximate surface area is 166 Å². The number of amides is 1. The highest BCUT2D eigenvalue weighted by molar-refractivity contribution is 9.10. The monoisotopic (exact) mass is 436 g/mol. The van der Waals surface area contributed by atoms with E-state index >= 15 is 0 Å². The first-order valence-corrected chi connectivity index (χ1v) is 8.95. The predicted octanol–water partition coefficient (Wildman–Crippen LogP) is 3.39. The number of carbonyl (C=O) groups is 1. The predicted molar refractivity (Wildman–Crippen MR) is 106 cm³/mol. The number of carbonyl (C=O) groups excluding carboxylic acids is 1. The Hall–Kier alpha value is -2.74. The number of benzene rings is 2. The number of hydrogen-bond donors (Lipinski definition) is 1. The number of methoxy groups -OCH3 is 2. The maximum atomic E-state index is 11.8. The van der Waals surface area contributed by atoms with E-state index < -0.39 is 0 Å². The molecule has 0 aliphatic heterocycles. The number of ether oxygens (including phenoxy) is 4. The van der Waals surface area contributed by atoms with Gasteiger partial charge in [0.05, 0.1) is 31.5 Å². The third kappa shape index (κ3) is 6.18. The molecule has 0 aromatic heterocycles. The zero-order valence-electron chi connectivity index (χ0n) is 15.3. The van der Waals surface area contributed by atoms with Gasteiger partial charge in [0.15, 0.2) is 18.1 Å². The average molecular weight is 437 g/mol. The van der Waals surface area contributed by atoms with Gasteiger partial charge in [0.1, 0.15) is 11.5 Å². The van der Waals surface area contributed by atoms with Crippen LogP contribution in [0.25, 0.3) is 0 Å². The summed E-state index contributed by atoms with van der Waals surface area (Å²) in [5, 5.41) is 3.92. The summed E-state index contributed by atoms with van der Waals surface area (Å²) in [6, 6.07) is 10.6. The van der Waals surface area contributed by atoms with E-state index in [1.807, 2.05) is 6.92 Å². The van der Waals surface area contributed by atoms with Crippen LogP contribution in [0.15, 0.2) is 46.0 Å². The van der Waals surface area contributed by atoms with Crippen molar-refractivity contribution < 1.29 is 23.7 Å². The smallest absolute Gasteiger partial charge is 0.277 e. The van der Waals surface area contributed by atoms with Gasteiger partial charge in [-0.05, 0) is 64.8 Å². The summed E-state index contributed by atoms with van der Waals surface area (Å²) >= 11 is 3.40. The summed E-state index contributed by atoms with van der Waals surface area (Å²) in [7, 11) is 3.10. The van der Waals surface area contributed by atoms with Crippen molar-refractivity contribution in [2.45, 2.75) is 6.92 Å². The second kappa shape index (κ2) is 10.4. The summed E-state index contributed by atoms with van der Waals surface area (Å²) in [5.74, 6) is 2.09. The number of hydrogen-bond acceptors (Lipinski definition) is 6. The SMILES string of the molecule is CCOc1ccc(OCC(=O)N/N=C/c2cc(Br)c(OC)c(OC)c2)cc1. The molecule has 2 aromatic carbocycles. The molecular weight excluding hydrogens is 416 g/mol. The zero-order chi connectivity index (χ0) is 19.6. The lowest BCUT2D eigenvalue weighted by Gasteiger charge is -2.10. The molecule has 0 saturated heterocycles. The molecule has 0 heterocycles. The van der Waals surface area contributed by atoms with Gasteiger partial charge in [-0.1, -0.05) is 0 Å². The van der Waals surface area contributed by atoms with Gasteiger partial charge in [-0.3, -0.25) is 4.79 Å². The van der Waals surface area contributed by atoms with Crippen molar-refractivity contribution in [2.24, 2.45) is 5.10 Å². The number of nitrogens with one attached hydrogen (secondary N) is 1. The fourth-order valence-electron chi connectivity index (χ4n) is 2.17. The van der Waals surface area contributed by atoms with Crippen molar-refractivity contribution in [3.8, 4) is 23.0 Å². The van der Waals surface area contributed by atoms with Crippen LogP contribution in [0.5, 0.6) is 23.0 Å². The molecule has 8 heteroatoms. The van der Waals surface area contributed by atoms with Crippen molar-refractivity contribution in [1.29, 1.82) is 0 Å². The van der Waals surface area contributed by atoms with E-state index in [4.69, 9.17) is 18.9 Å². The van der Waals surface area contributed by atoms with E-state index in [9.17, 15) is 4.79 Å². The Morgan fingerprint density at radius 1 is 1.11 bits per heavy atom. The lowest BCUT2D eigenvalue weighted by Crippen LogP contribution is -2.24. The van der Waals surface area contributed by atoms with Crippen molar-refractivity contribution in [1.82, 2.24) is 5.43 Å². The third-order valence-electron chi connectivity index (χ3n) is 3.36. The molecule has 27 heavy (non-hydrogen) atoms. The Morgan fingerprint density at radius 3 is 2.37 bits per heavy atom. The Balaban J connectivity index is 1.87. The highest BCUT2D eigenvalue weighted by atomic mass is 79.9. The van der Waals surface area contributed by atoms with Crippen molar-refractivity contribution >= 4 is 28.1 Å². The molecule has 2 rings (SSSR count). The molecule has 0 bridgehead atoms. The van der Waals surface area contributed by atoms with Crippen LogP contribution in [0.3, 0.4) is 0 Å². The van der Waals surface area contributed by atoms with Crippen LogP contribution in [0.1, 0.15) is 12.5 Å². The Bertz CT molecular complexity index is 793. The summed E-state index contributed by atoms with van der Waals surface area (Å²) in [4.78, 5) is 11.8. The fraction of sp³-hybridized carbons (Fsp3) is 0.263. The highest BCUT2D eigenvalue weighted by Gasteiger charge is 2.09. The van der Waals surface area contributed by atoms with Crippen LogP contribution in [0, 0.1) is 0 Å². The van der Waals surface area contributed by atoms with Crippen LogP contribution in [0.2, 0.25) is 0 Å². The minimum atomic E-state index is -0.375. The van der Waals surface area contributed by atoms with E-state index in [0.29, 0.717) is 23.9 Å². The fourth-order valence-corrected chi connectivity index (χ4v) is 2.79. The Kier molecular flexibility index (Phi) is 7.94. The number of nitrogens with zero attached hydrogens (tertiary/aromatic N) is 1. The van der Waals surface area contributed by atoms with Crippen LogP contribution in [-0.2, 0) is 4.79 Å². The molecule has 2 aromatic rings. The molecule has 0 aliphatic carbocycles. The quantitative estimate of drug-likeness (QED) is 0.481. The van der Waals surface area contributed by atoms with Gasteiger partial charge in [0.2, 0.25) is 0 Å². The lowest BCUT2D eigenvalue weighted by molar-refractivity contribution is -0.123. The van der Waals surface area contributed by atoms with Gasteiger partial charge in [0.25, 0.3) is 5.91 Å². The largest absolute Gasteiger partial charge is 0.494 e. The first-order chi connectivity index (χ1) is 13.1. The van der Waals surface area contributed by atoms with Gasteiger partial charge >= 0.3 is 0 Å².